The monoisotopic (exact) mass is 552 g/mol. The van der Waals surface area contributed by atoms with Gasteiger partial charge in [-0.2, -0.15) is 13.2 Å². The average molecular weight is 553 g/mol. The van der Waals surface area contributed by atoms with Crippen molar-refractivity contribution in [1.82, 2.24) is 10.2 Å². The van der Waals surface area contributed by atoms with Crippen molar-refractivity contribution in [1.29, 1.82) is 0 Å². The number of alkyl halides is 3. The van der Waals surface area contributed by atoms with E-state index < -0.39 is 11.7 Å². The Labute approximate surface area is 235 Å². The van der Waals surface area contributed by atoms with Crippen LogP contribution in [0.15, 0.2) is 66.7 Å². The van der Waals surface area contributed by atoms with E-state index in [1.165, 1.54) is 23.3 Å². The number of carbonyl (C=O) groups excluding carboxylic acids is 1. The normalized spacial score (nSPS) is 14.7. The lowest BCUT2D eigenvalue weighted by Gasteiger charge is -2.33. The van der Waals surface area contributed by atoms with Crippen molar-refractivity contribution >= 4 is 5.91 Å². The smallest absolute Gasteiger partial charge is 0.416 e. The summed E-state index contributed by atoms with van der Waals surface area (Å²) in [5.41, 5.74) is 3.59. The second-order valence-corrected chi connectivity index (χ2v) is 10.4. The van der Waals surface area contributed by atoms with Crippen LogP contribution in [-0.4, -0.2) is 43.6 Å². The summed E-state index contributed by atoms with van der Waals surface area (Å²) >= 11 is 0. The highest BCUT2D eigenvalue weighted by molar-refractivity contribution is 6.00. The predicted octanol–water partition coefficient (Wildman–Crippen LogP) is 7.72. The Bertz CT molecular complexity index is 1250. The molecule has 4 rings (SSSR count). The van der Waals surface area contributed by atoms with E-state index in [0.717, 1.165) is 69.6 Å². The van der Waals surface area contributed by atoms with Crippen molar-refractivity contribution in [2.24, 2.45) is 0 Å². The maximum atomic E-state index is 12.9. The molecule has 0 atom stereocenters. The molecule has 4 nitrogen and oxygen atoms in total. The maximum absolute atomic E-state index is 12.9. The van der Waals surface area contributed by atoms with Crippen LogP contribution in [-0.2, 0) is 12.6 Å². The molecular formula is C33H39F3N2O2. The van der Waals surface area contributed by atoms with Crippen LogP contribution in [0, 0.1) is 0 Å². The van der Waals surface area contributed by atoms with Crippen LogP contribution in [0.1, 0.15) is 72.5 Å². The molecule has 1 N–H and O–H groups in total. The number of aryl methyl sites for hydroxylation is 1. The van der Waals surface area contributed by atoms with Gasteiger partial charge in [0.2, 0.25) is 0 Å². The van der Waals surface area contributed by atoms with Gasteiger partial charge in [-0.3, -0.25) is 4.79 Å². The average Bonchev–Trinajstić information content (AvgIpc) is 2.97. The third-order valence-electron chi connectivity index (χ3n) is 7.70. The van der Waals surface area contributed by atoms with Gasteiger partial charge in [-0.15, -0.1) is 0 Å². The number of nitrogens with one attached hydrogen (secondary N) is 1. The largest absolute Gasteiger partial charge is 0.494 e. The van der Waals surface area contributed by atoms with E-state index in [0.29, 0.717) is 35.8 Å². The molecule has 0 unspecified atom stereocenters. The van der Waals surface area contributed by atoms with Crippen molar-refractivity contribution in [3.63, 3.8) is 0 Å². The van der Waals surface area contributed by atoms with Gasteiger partial charge < -0.3 is 15.0 Å². The first-order chi connectivity index (χ1) is 19.3. The minimum atomic E-state index is -4.39. The molecule has 3 aromatic rings. The van der Waals surface area contributed by atoms with Gasteiger partial charge in [-0.25, -0.2) is 0 Å². The van der Waals surface area contributed by atoms with E-state index in [4.69, 9.17) is 4.74 Å². The summed E-state index contributed by atoms with van der Waals surface area (Å²) in [6.07, 6.45) is 0.693. The minimum Gasteiger partial charge on any atom is -0.494 e. The summed E-state index contributed by atoms with van der Waals surface area (Å²) < 4.78 is 44.8. The van der Waals surface area contributed by atoms with Gasteiger partial charge in [0.15, 0.2) is 0 Å². The molecule has 0 aliphatic carbocycles. The Kier molecular flexibility index (Phi) is 10.3. The van der Waals surface area contributed by atoms with Crippen LogP contribution in [0.2, 0.25) is 0 Å². The standard InChI is InChI=1S/C33H39F3N2O2/c1-3-24-11-16-29(31(23-24)40-4-2)26-17-21-38(22-18-26)20-8-7-19-37-32(39)30-10-6-5-9-28(30)25-12-14-27(15-13-25)33(34,35)36/h5-6,9-16,23,26H,3-4,7-8,17-22H2,1-2H3,(H,37,39). The summed E-state index contributed by atoms with van der Waals surface area (Å²) in [6, 6.07) is 18.6. The molecule has 1 aliphatic heterocycles. The quantitative estimate of drug-likeness (QED) is 0.248. The highest BCUT2D eigenvalue weighted by Gasteiger charge is 2.30. The lowest BCUT2D eigenvalue weighted by Crippen LogP contribution is -2.34. The number of rotatable bonds is 11. The van der Waals surface area contributed by atoms with Crippen LogP contribution in [0.3, 0.4) is 0 Å². The van der Waals surface area contributed by atoms with Gasteiger partial charge in [0.1, 0.15) is 5.75 Å². The Morgan fingerprint density at radius 2 is 1.70 bits per heavy atom. The van der Waals surface area contributed by atoms with E-state index in [1.54, 1.807) is 24.3 Å². The Balaban J connectivity index is 1.22. The highest BCUT2D eigenvalue weighted by atomic mass is 19.4. The first kappa shape index (κ1) is 29.7. The molecule has 1 amide bonds. The van der Waals surface area contributed by atoms with Crippen molar-refractivity contribution < 1.29 is 22.7 Å². The summed E-state index contributed by atoms with van der Waals surface area (Å²) in [7, 11) is 0. The molecule has 0 aromatic heterocycles. The molecule has 1 saturated heterocycles. The molecule has 1 fully saturated rings. The fourth-order valence-corrected chi connectivity index (χ4v) is 5.41. The van der Waals surface area contributed by atoms with Gasteiger partial charge in [0.05, 0.1) is 12.2 Å². The van der Waals surface area contributed by atoms with Crippen molar-refractivity contribution in [2.75, 3.05) is 32.8 Å². The molecule has 1 heterocycles. The number of ether oxygens (including phenoxy) is 1. The number of unbranched alkanes of at least 4 members (excludes halogenated alkanes) is 1. The first-order valence-electron chi connectivity index (χ1n) is 14.3. The molecule has 7 heteroatoms. The number of hydrogen-bond acceptors (Lipinski definition) is 3. The lowest BCUT2D eigenvalue weighted by atomic mass is 9.88. The number of nitrogens with zero attached hydrogens (tertiary/aromatic N) is 1. The van der Waals surface area contributed by atoms with E-state index in [2.05, 4.69) is 35.3 Å². The van der Waals surface area contributed by atoms with Crippen molar-refractivity contribution in [3.8, 4) is 16.9 Å². The fraction of sp³-hybridized carbons (Fsp3) is 0.424. The number of carbonyl (C=O) groups is 1. The molecule has 1 aliphatic rings. The molecule has 0 radical (unpaired) electrons. The zero-order valence-electron chi connectivity index (χ0n) is 23.4. The topological polar surface area (TPSA) is 41.6 Å². The number of benzene rings is 3. The Morgan fingerprint density at radius 3 is 2.38 bits per heavy atom. The summed E-state index contributed by atoms with van der Waals surface area (Å²) in [4.78, 5) is 15.4. The predicted molar refractivity (Wildman–Crippen MR) is 154 cm³/mol. The zero-order chi connectivity index (χ0) is 28.5. The third-order valence-corrected chi connectivity index (χ3v) is 7.70. The van der Waals surface area contributed by atoms with E-state index >= 15 is 0 Å². The van der Waals surface area contributed by atoms with Gasteiger partial charge >= 0.3 is 6.18 Å². The molecule has 0 saturated carbocycles. The molecule has 40 heavy (non-hydrogen) atoms. The van der Waals surface area contributed by atoms with Gasteiger partial charge in [-0.1, -0.05) is 49.4 Å². The maximum Gasteiger partial charge on any atom is 0.416 e. The van der Waals surface area contributed by atoms with Gasteiger partial charge in [-0.05, 0) is 111 Å². The van der Waals surface area contributed by atoms with Gasteiger partial charge in [0.25, 0.3) is 5.91 Å². The highest BCUT2D eigenvalue weighted by Crippen LogP contribution is 2.35. The van der Waals surface area contributed by atoms with Crippen molar-refractivity contribution in [2.45, 2.75) is 58.0 Å². The second-order valence-electron chi connectivity index (χ2n) is 10.4. The number of piperidine rings is 1. The summed E-state index contributed by atoms with van der Waals surface area (Å²) in [6.45, 7) is 8.53. The number of halogens is 3. The molecule has 214 valence electrons. The van der Waals surface area contributed by atoms with Crippen molar-refractivity contribution in [3.05, 3.63) is 89.0 Å². The van der Waals surface area contributed by atoms with Gasteiger partial charge in [0, 0.05) is 12.1 Å². The molecular weight excluding hydrogens is 513 g/mol. The Hall–Kier alpha value is -3.32. The fourth-order valence-electron chi connectivity index (χ4n) is 5.41. The van der Waals surface area contributed by atoms with E-state index in [-0.39, 0.29) is 5.91 Å². The SMILES string of the molecule is CCOc1cc(CC)ccc1C1CCN(CCCCNC(=O)c2ccccc2-c2ccc(C(F)(F)F)cc2)CC1. The van der Waals surface area contributed by atoms with Crippen LogP contribution >= 0.6 is 0 Å². The number of amides is 1. The zero-order valence-corrected chi connectivity index (χ0v) is 23.4. The number of hydrogen-bond donors (Lipinski definition) is 1. The minimum absolute atomic E-state index is 0.212. The van der Waals surface area contributed by atoms with Crippen LogP contribution < -0.4 is 10.1 Å². The molecule has 3 aromatic carbocycles. The third kappa shape index (κ3) is 7.66. The van der Waals surface area contributed by atoms with Crippen LogP contribution in [0.25, 0.3) is 11.1 Å². The summed E-state index contributed by atoms with van der Waals surface area (Å²) in [5, 5.41) is 2.99. The van der Waals surface area contributed by atoms with Crippen LogP contribution in [0.5, 0.6) is 5.75 Å². The first-order valence-corrected chi connectivity index (χ1v) is 14.3. The summed E-state index contributed by atoms with van der Waals surface area (Å²) in [5.74, 6) is 1.35. The van der Waals surface area contributed by atoms with E-state index in [9.17, 15) is 18.0 Å². The number of likely N-dealkylation sites (tertiary alicyclic amines) is 1. The molecule has 0 bridgehead atoms. The lowest BCUT2D eigenvalue weighted by molar-refractivity contribution is -0.137. The second kappa shape index (κ2) is 13.8. The van der Waals surface area contributed by atoms with E-state index in [1.807, 2.05) is 6.92 Å². The van der Waals surface area contributed by atoms with Crippen LogP contribution in [0.4, 0.5) is 13.2 Å². The Morgan fingerprint density at radius 1 is 0.975 bits per heavy atom. The molecule has 0 spiro atoms.